The predicted octanol–water partition coefficient (Wildman–Crippen LogP) is 1.56. The Kier molecular flexibility index (Phi) is 5.01. The van der Waals surface area contributed by atoms with Crippen LogP contribution in [0.15, 0.2) is 0 Å². The molecule has 0 bridgehead atoms. The summed E-state index contributed by atoms with van der Waals surface area (Å²) in [6.45, 7) is 4.00. The van der Waals surface area contributed by atoms with Gasteiger partial charge in [-0.3, -0.25) is 4.79 Å². The summed E-state index contributed by atoms with van der Waals surface area (Å²) in [6.07, 6.45) is 5.89. The maximum Gasteiger partial charge on any atom is 0.222 e. The number of rotatable bonds is 4. The highest BCUT2D eigenvalue weighted by atomic mass is 16.5. The van der Waals surface area contributed by atoms with Crippen LogP contribution in [0.4, 0.5) is 0 Å². The number of aliphatic hydroxyl groups is 1. The average molecular weight is 255 g/mol. The van der Waals surface area contributed by atoms with Crippen LogP contribution < -0.4 is 0 Å². The lowest BCUT2D eigenvalue weighted by Gasteiger charge is -2.37. The molecule has 0 saturated carbocycles. The van der Waals surface area contributed by atoms with E-state index in [1.807, 2.05) is 4.90 Å². The molecule has 4 nitrogen and oxygen atoms in total. The molecule has 2 saturated heterocycles. The second-order valence-electron chi connectivity index (χ2n) is 5.68. The molecule has 2 fully saturated rings. The maximum atomic E-state index is 12.2. The summed E-state index contributed by atoms with van der Waals surface area (Å²) >= 11 is 0. The lowest BCUT2D eigenvalue weighted by atomic mass is 9.92. The molecule has 2 rings (SSSR count). The van der Waals surface area contributed by atoms with Gasteiger partial charge in [0.1, 0.15) is 0 Å². The molecule has 4 heteroatoms. The van der Waals surface area contributed by atoms with E-state index in [0.29, 0.717) is 18.4 Å². The van der Waals surface area contributed by atoms with Crippen LogP contribution in [0, 0.1) is 5.92 Å². The Bertz CT molecular complexity index is 276. The van der Waals surface area contributed by atoms with Crippen molar-refractivity contribution in [2.75, 3.05) is 19.8 Å². The fourth-order valence-electron chi connectivity index (χ4n) is 3.11. The number of carbonyl (C=O) groups excluding carboxylic acids is 1. The number of carbonyl (C=O) groups is 1. The molecule has 3 atom stereocenters. The Labute approximate surface area is 109 Å². The number of nitrogens with zero attached hydrogens (tertiary/aromatic N) is 1. The molecule has 2 aliphatic heterocycles. The van der Waals surface area contributed by atoms with Crippen LogP contribution >= 0.6 is 0 Å². The summed E-state index contributed by atoms with van der Waals surface area (Å²) in [5, 5.41) is 9.16. The highest BCUT2D eigenvalue weighted by Gasteiger charge is 2.28. The molecular weight excluding hydrogens is 230 g/mol. The zero-order chi connectivity index (χ0) is 13.0. The Balaban J connectivity index is 1.74. The van der Waals surface area contributed by atoms with Crippen LogP contribution in [0.5, 0.6) is 0 Å². The van der Waals surface area contributed by atoms with Gasteiger partial charge in [-0.25, -0.2) is 0 Å². The summed E-state index contributed by atoms with van der Waals surface area (Å²) in [5.41, 5.74) is 0. The van der Waals surface area contributed by atoms with Crippen molar-refractivity contribution in [3.05, 3.63) is 0 Å². The molecule has 2 aliphatic rings. The topological polar surface area (TPSA) is 49.8 Å². The first-order chi connectivity index (χ1) is 8.70. The molecule has 0 aromatic carbocycles. The van der Waals surface area contributed by atoms with Gasteiger partial charge < -0.3 is 14.7 Å². The van der Waals surface area contributed by atoms with Gasteiger partial charge in [-0.15, -0.1) is 0 Å². The van der Waals surface area contributed by atoms with Gasteiger partial charge in [-0.2, -0.15) is 0 Å². The van der Waals surface area contributed by atoms with Crippen molar-refractivity contribution < 1.29 is 14.6 Å². The SMILES string of the molecule is C[C@H]1C[C@@H](CO)CCN1C(=O)CC[C@H]1CCCO1. The maximum absolute atomic E-state index is 12.2. The number of hydrogen-bond acceptors (Lipinski definition) is 3. The van der Waals surface area contributed by atoms with Crippen LogP contribution in [0.1, 0.15) is 45.4 Å². The van der Waals surface area contributed by atoms with E-state index >= 15 is 0 Å². The van der Waals surface area contributed by atoms with Crippen molar-refractivity contribution >= 4 is 5.91 Å². The molecule has 1 amide bonds. The molecule has 0 aliphatic carbocycles. The Hall–Kier alpha value is -0.610. The van der Waals surface area contributed by atoms with E-state index in [1.165, 1.54) is 0 Å². The molecule has 18 heavy (non-hydrogen) atoms. The first kappa shape index (κ1) is 13.8. The standard InChI is InChI=1S/C14H25NO3/c1-11-9-12(10-16)6-7-15(11)14(17)5-4-13-3-2-8-18-13/h11-13,16H,2-10H2,1H3/t11-,12-,13+/m0/s1. The van der Waals surface area contributed by atoms with E-state index in [4.69, 9.17) is 9.84 Å². The Morgan fingerprint density at radius 1 is 1.44 bits per heavy atom. The zero-order valence-corrected chi connectivity index (χ0v) is 11.3. The summed E-state index contributed by atoms with van der Waals surface area (Å²) in [5.74, 6) is 0.636. The van der Waals surface area contributed by atoms with Gasteiger partial charge in [0.05, 0.1) is 6.10 Å². The minimum atomic E-state index is 0.252. The molecular formula is C14H25NO3. The third kappa shape index (κ3) is 3.45. The predicted molar refractivity (Wildman–Crippen MR) is 69.2 cm³/mol. The van der Waals surface area contributed by atoms with Crippen LogP contribution in [-0.2, 0) is 9.53 Å². The van der Waals surface area contributed by atoms with Crippen molar-refractivity contribution in [2.24, 2.45) is 5.92 Å². The van der Waals surface area contributed by atoms with Crippen LogP contribution in [0.25, 0.3) is 0 Å². The quantitative estimate of drug-likeness (QED) is 0.829. The van der Waals surface area contributed by atoms with Crippen LogP contribution in [0.2, 0.25) is 0 Å². The summed E-state index contributed by atoms with van der Waals surface area (Å²) in [4.78, 5) is 14.2. The lowest BCUT2D eigenvalue weighted by molar-refractivity contribution is -0.136. The second-order valence-corrected chi connectivity index (χ2v) is 5.68. The normalized spacial score (nSPS) is 32.8. The number of ether oxygens (including phenoxy) is 1. The number of aliphatic hydroxyl groups excluding tert-OH is 1. The molecule has 0 radical (unpaired) electrons. The van der Waals surface area contributed by atoms with E-state index in [-0.39, 0.29) is 18.6 Å². The monoisotopic (exact) mass is 255 g/mol. The lowest BCUT2D eigenvalue weighted by Crippen LogP contribution is -2.45. The number of likely N-dealkylation sites (tertiary alicyclic amines) is 1. The van der Waals surface area contributed by atoms with Crippen molar-refractivity contribution in [3.63, 3.8) is 0 Å². The molecule has 0 aromatic rings. The van der Waals surface area contributed by atoms with Crippen LogP contribution in [0.3, 0.4) is 0 Å². The highest BCUT2D eigenvalue weighted by molar-refractivity contribution is 5.76. The molecule has 0 spiro atoms. The van der Waals surface area contributed by atoms with Gasteiger partial charge in [0.25, 0.3) is 0 Å². The average Bonchev–Trinajstić information content (AvgIpc) is 2.88. The summed E-state index contributed by atoms with van der Waals surface area (Å²) in [7, 11) is 0. The van der Waals surface area contributed by atoms with E-state index < -0.39 is 0 Å². The van der Waals surface area contributed by atoms with Gasteiger partial charge in [0, 0.05) is 32.2 Å². The number of hydrogen-bond donors (Lipinski definition) is 1. The Morgan fingerprint density at radius 3 is 2.89 bits per heavy atom. The van der Waals surface area contributed by atoms with Gasteiger partial charge in [-0.1, -0.05) is 0 Å². The second kappa shape index (κ2) is 6.53. The van der Waals surface area contributed by atoms with Crippen molar-refractivity contribution in [1.82, 2.24) is 4.90 Å². The molecule has 104 valence electrons. The molecule has 0 aromatic heterocycles. The highest BCUT2D eigenvalue weighted by Crippen LogP contribution is 2.24. The zero-order valence-electron chi connectivity index (χ0n) is 11.3. The van der Waals surface area contributed by atoms with E-state index in [2.05, 4.69) is 6.92 Å². The summed E-state index contributed by atoms with van der Waals surface area (Å²) < 4.78 is 5.55. The number of piperidine rings is 1. The van der Waals surface area contributed by atoms with E-state index in [1.54, 1.807) is 0 Å². The van der Waals surface area contributed by atoms with E-state index in [9.17, 15) is 4.79 Å². The van der Waals surface area contributed by atoms with Crippen LogP contribution in [-0.4, -0.2) is 47.8 Å². The van der Waals surface area contributed by atoms with Gasteiger partial charge in [-0.05, 0) is 44.9 Å². The van der Waals surface area contributed by atoms with E-state index in [0.717, 1.165) is 45.3 Å². The molecule has 1 N–H and O–H groups in total. The fourth-order valence-corrected chi connectivity index (χ4v) is 3.11. The number of amides is 1. The van der Waals surface area contributed by atoms with Gasteiger partial charge in [0.15, 0.2) is 0 Å². The largest absolute Gasteiger partial charge is 0.396 e. The Morgan fingerprint density at radius 2 is 2.28 bits per heavy atom. The van der Waals surface area contributed by atoms with Gasteiger partial charge >= 0.3 is 0 Å². The van der Waals surface area contributed by atoms with Crippen molar-refractivity contribution in [3.8, 4) is 0 Å². The third-order valence-corrected chi connectivity index (χ3v) is 4.27. The first-order valence-corrected chi connectivity index (χ1v) is 7.22. The first-order valence-electron chi connectivity index (χ1n) is 7.22. The summed E-state index contributed by atoms with van der Waals surface area (Å²) in [6, 6.07) is 0.271. The van der Waals surface area contributed by atoms with Gasteiger partial charge in [0.2, 0.25) is 5.91 Å². The van der Waals surface area contributed by atoms with Crippen molar-refractivity contribution in [2.45, 2.75) is 57.6 Å². The minimum Gasteiger partial charge on any atom is -0.396 e. The minimum absolute atomic E-state index is 0.252. The molecule has 0 unspecified atom stereocenters. The smallest absolute Gasteiger partial charge is 0.222 e. The van der Waals surface area contributed by atoms with Crippen molar-refractivity contribution in [1.29, 1.82) is 0 Å². The molecule has 2 heterocycles. The third-order valence-electron chi connectivity index (χ3n) is 4.27. The fraction of sp³-hybridized carbons (Fsp3) is 0.929.